The number of carbonyl (C=O) groups excluding carboxylic acids is 3. The summed E-state index contributed by atoms with van der Waals surface area (Å²) in [6.45, 7) is 15.5. The summed E-state index contributed by atoms with van der Waals surface area (Å²) in [6.07, 6.45) is 2.82. The average Bonchev–Trinajstić information content (AvgIpc) is 2.87. The van der Waals surface area contributed by atoms with Crippen LogP contribution in [0.4, 0.5) is 4.79 Å². The molecule has 0 fully saturated rings. The van der Waals surface area contributed by atoms with Crippen LogP contribution in [0.5, 0.6) is 5.75 Å². The van der Waals surface area contributed by atoms with Crippen molar-refractivity contribution in [1.29, 1.82) is 0 Å². The molecule has 0 aliphatic rings. The van der Waals surface area contributed by atoms with Gasteiger partial charge >= 0.3 is 6.09 Å². The number of benzene rings is 2. The molecule has 2 aromatic rings. The highest BCUT2D eigenvalue weighted by Gasteiger charge is 2.37. The second-order valence-corrected chi connectivity index (χ2v) is 12.5. The molecule has 0 aliphatic carbocycles. The fourth-order valence-corrected chi connectivity index (χ4v) is 4.46. The van der Waals surface area contributed by atoms with Crippen molar-refractivity contribution in [3.63, 3.8) is 0 Å². The number of nitrogens with one attached hydrogen (secondary N) is 2. The van der Waals surface area contributed by atoms with Gasteiger partial charge in [-0.15, -0.1) is 0 Å². The topological polar surface area (TPSA) is 108 Å². The standard InChI is InChI=1S/C33H49N3O5/c1-9-11-12-21-36(28(29(38)35-32(3,4)5)25-17-13-23(10-2)14-18-25)30(39)27(34-31(40)41-33(6,7)8)22-24-15-19-26(37)20-16-24/h13-20,27-28,37H,9-12,21-22H2,1-8H3,(H,34,40)(H,35,38). The third-order valence-corrected chi connectivity index (χ3v) is 6.41. The maximum Gasteiger partial charge on any atom is 0.408 e. The third-order valence-electron chi connectivity index (χ3n) is 6.41. The number of ether oxygens (including phenoxy) is 1. The van der Waals surface area contributed by atoms with E-state index in [0.717, 1.165) is 30.4 Å². The van der Waals surface area contributed by atoms with Gasteiger partial charge in [-0.2, -0.15) is 0 Å². The Morgan fingerprint density at radius 3 is 1.98 bits per heavy atom. The number of hydrogen-bond acceptors (Lipinski definition) is 5. The molecule has 3 N–H and O–H groups in total. The largest absolute Gasteiger partial charge is 0.508 e. The van der Waals surface area contributed by atoms with Crippen LogP contribution in [0.3, 0.4) is 0 Å². The van der Waals surface area contributed by atoms with E-state index in [1.165, 1.54) is 12.1 Å². The quantitative estimate of drug-likeness (QED) is 0.270. The van der Waals surface area contributed by atoms with Crippen LogP contribution in [-0.4, -0.2) is 51.6 Å². The van der Waals surface area contributed by atoms with E-state index >= 15 is 0 Å². The summed E-state index contributed by atoms with van der Waals surface area (Å²) < 4.78 is 5.50. The van der Waals surface area contributed by atoms with Gasteiger partial charge in [-0.1, -0.05) is 63.1 Å². The minimum Gasteiger partial charge on any atom is -0.508 e. The Morgan fingerprint density at radius 1 is 0.878 bits per heavy atom. The van der Waals surface area contributed by atoms with Gasteiger partial charge in [0.1, 0.15) is 23.4 Å². The highest BCUT2D eigenvalue weighted by atomic mass is 16.6. The zero-order valence-corrected chi connectivity index (χ0v) is 26.0. The number of hydrogen-bond donors (Lipinski definition) is 3. The fourth-order valence-electron chi connectivity index (χ4n) is 4.46. The Bertz CT molecular complexity index is 1130. The molecule has 0 aromatic heterocycles. The predicted octanol–water partition coefficient (Wildman–Crippen LogP) is 6.07. The molecule has 8 heteroatoms. The second kappa shape index (κ2) is 14.9. The minimum absolute atomic E-state index is 0.104. The van der Waals surface area contributed by atoms with Crippen LogP contribution in [-0.2, 0) is 27.2 Å². The summed E-state index contributed by atoms with van der Waals surface area (Å²) in [5.74, 6) is -0.562. The molecule has 0 saturated carbocycles. The SMILES string of the molecule is CCCCCN(C(=O)C(Cc1ccc(O)cc1)NC(=O)OC(C)(C)C)C(C(=O)NC(C)(C)C)c1ccc(CC)cc1. The number of carbonyl (C=O) groups is 3. The van der Waals surface area contributed by atoms with Crippen molar-refractivity contribution in [2.45, 2.75) is 111 Å². The van der Waals surface area contributed by atoms with Crippen molar-refractivity contribution in [3.05, 3.63) is 65.2 Å². The summed E-state index contributed by atoms with van der Waals surface area (Å²) in [6, 6.07) is 12.4. The molecule has 8 nitrogen and oxygen atoms in total. The highest BCUT2D eigenvalue weighted by Crippen LogP contribution is 2.26. The Kier molecular flexibility index (Phi) is 12.2. The average molecular weight is 568 g/mol. The number of nitrogens with zero attached hydrogens (tertiary/aromatic N) is 1. The molecule has 2 aromatic carbocycles. The van der Waals surface area contributed by atoms with Crippen LogP contribution in [0.1, 0.15) is 97.4 Å². The number of phenols is 1. The predicted molar refractivity (Wildman–Crippen MR) is 163 cm³/mol. The van der Waals surface area contributed by atoms with E-state index in [2.05, 4.69) is 24.5 Å². The van der Waals surface area contributed by atoms with Gasteiger partial charge in [0, 0.05) is 18.5 Å². The van der Waals surface area contributed by atoms with Gasteiger partial charge in [0.2, 0.25) is 11.8 Å². The van der Waals surface area contributed by atoms with E-state index in [0.29, 0.717) is 18.5 Å². The van der Waals surface area contributed by atoms with E-state index in [1.807, 2.05) is 45.0 Å². The van der Waals surface area contributed by atoms with Gasteiger partial charge in [-0.25, -0.2) is 4.79 Å². The van der Waals surface area contributed by atoms with Crippen molar-refractivity contribution in [3.8, 4) is 5.75 Å². The van der Waals surface area contributed by atoms with Crippen LogP contribution in [0.15, 0.2) is 48.5 Å². The van der Waals surface area contributed by atoms with Crippen LogP contribution >= 0.6 is 0 Å². The number of aromatic hydroxyl groups is 1. The molecule has 41 heavy (non-hydrogen) atoms. The van der Waals surface area contributed by atoms with Crippen LogP contribution < -0.4 is 10.6 Å². The molecule has 0 bridgehead atoms. The van der Waals surface area contributed by atoms with Gasteiger partial charge in [0.15, 0.2) is 0 Å². The van der Waals surface area contributed by atoms with Crippen LogP contribution in [0, 0.1) is 0 Å². The lowest BCUT2D eigenvalue weighted by Gasteiger charge is -2.36. The van der Waals surface area contributed by atoms with Gasteiger partial charge in [0.05, 0.1) is 0 Å². The molecule has 0 spiro atoms. The van der Waals surface area contributed by atoms with Gasteiger partial charge in [-0.05, 0) is 83.2 Å². The molecule has 2 atom stereocenters. The molecule has 2 rings (SSSR count). The first kappa shape index (κ1) is 33.7. The Morgan fingerprint density at radius 2 is 1.46 bits per heavy atom. The zero-order valence-electron chi connectivity index (χ0n) is 26.0. The Balaban J connectivity index is 2.59. The van der Waals surface area contributed by atoms with Gasteiger partial charge in [0.25, 0.3) is 0 Å². The first-order chi connectivity index (χ1) is 19.1. The zero-order chi connectivity index (χ0) is 30.8. The summed E-state index contributed by atoms with van der Waals surface area (Å²) in [7, 11) is 0. The number of alkyl carbamates (subject to hydrolysis) is 1. The molecular weight excluding hydrogens is 518 g/mol. The summed E-state index contributed by atoms with van der Waals surface area (Å²) in [4.78, 5) is 42.8. The fraction of sp³-hybridized carbons (Fsp3) is 0.545. The molecular formula is C33H49N3O5. The van der Waals surface area contributed by atoms with E-state index in [4.69, 9.17) is 4.74 Å². The molecule has 0 radical (unpaired) electrons. The molecule has 2 unspecified atom stereocenters. The van der Waals surface area contributed by atoms with E-state index in [-0.39, 0.29) is 24.0 Å². The molecule has 3 amide bonds. The van der Waals surface area contributed by atoms with Gasteiger partial charge in [-0.3, -0.25) is 9.59 Å². The van der Waals surface area contributed by atoms with Crippen molar-refractivity contribution in [1.82, 2.24) is 15.5 Å². The number of unbranched alkanes of at least 4 members (excludes halogenated alkanes) is 2. The molecule has 0 heterocycles. The lowest BCUT2D eigenvalue weighted by Crippen LogP contribution is -2.55. The number of phenolic OH excluding ortho intramolecular Hbond substituents is 1. The summed E-state index contributed by atoms with van der Waals surface area (Å²) >= 11 is 0. The summed E-state index contributed by atoms with van der Waals surface area (Å²) in [5, 5.41) is 15.6. The van der Waals surface area contributed by atoms with Crippen molar-refractivity contribution in [2.75, 3.05) is 6.54 Å². The summed E-state index contributed by atoms with van der Waals surface area (Å²) in [5.41, 5.74) is 1.30. The first-order valence-corrected chi connectivity index (χ1v) is 14.6. The normalized spacial score (nSPS) is 13.2. The number of amides is 3. The second-order valence-electron chi connectivity index (χ2n) is 12.5. The Hall–Kier alpha value is -3.55. The molecule has 0 saturated heterocycles. The van der Waals surface area contributed by atoms with Crippen molar-refractivity contribution < 1.29 is 24.2 Å². The maximum absolute atomic E-state index is 14.4. The van der Waals surface area contributed by atoms with Gasteiger partial charge < -0.3 is 25.4 Å². The molecule has 0 aliphatic heterocycles. The number of rotatable bonds is 12. The smallest absolute Gasteiger partial charge is 0.408 e. The maximum atomic E-state index is 14.4. The Labute approximate surface area is 245 Å². The lowest BCUT2D eigenvalue weighted by atomic mass is 9.97. The van der Waals surface area contributed by atoms with E-state index in [9.17, 15) is 19.5 Å². The third kappa shape index (κ3) is 11.5. The highest BCUT2D eigenvalue weighted by molar-refractivity contribution is 5.92. The number of aryl methyl sites for hydroxylation is 1. The van der Waals surface area contributed by atoms with Crippen molar-refractivity contribution in [2.24, 2.45) is 0 Å². The van der Waals surface area contributed by atoms with Crippen LogP contribution in [0.25, 0.3) is 0 Å². The van der Waals surface area contributed by atoms with E-state index in [1.54, 1.807) is 37.8 Å². The lowest BCUT2D eigenvalue weighted by molar-refractivity contribution is -0.143. The minimum atomic E-state index is -1.00. The molecule has 226 valence electrons. The van der Waals surface area contributed by atoms with Crippen molar-refractivity contribution >= 4 is 17.9 Å². The van der Waals surface area contributed by atoms with Crippen LogP contribution in [0.2, 0.25) is 0 Å². The monoisotopic (exact) mass is 567 g/mol. The van der Waals surface area contributed by atoms with E-state index < -0.39 is 29.3 Å². The first-order valence-electron chi connectivity index (χ1n) is 14.6.